The maximum Gasteiger partial charge on any atom is 0.261 e. The van der Waals surface area contributed by atoms with Gasteiger partial charge in [0.05, 0.1) is 6.42 Å². The van der Waals surface area contributed by atoms with E-state index in [9.17, 15) is 14.7 Å². The van der Waals surface area contributed by atoms with Crippen LogP contribution in [0, 0.1) is 13.8 Å². The SMILES string of the molecule is Cc1ccc(C)c(C(=O)C[C@@]2(O)C(=O)Nc3ccc(Br)cc32)c1. The van der Waals surface area contributed by atoms with Crippen LogP contribution in [0.2, 0.25) is 0 Å². The molecule has 2 aromatic rings. The van der Waals surface area contributed by atoms with E-state index in [1.165, 1.54) is 0 Å². The fourth-order valence-electron chi connectivity index (χ4n) is 2.86. The normalized spacial score (nSPS) is 19.4. The number of amides is 1. The van der Waals surface area contributed by atoms with Gasteiger partial charge in [0.2, 0.25) is 0 Å². The first-order valence-electron chi connectivity index (χ1n) is 7.25. The van der Waals surface area contributed by atoms with Crippen LogP contribution < -0.4 is 5.32 Å². The molecule has 118 valence electrons. The Kier molecular flexibility index (Phi) is 3.86. The van der Waals surface area contributed by atoms with Gasteiger partial charge in [-0.05, 0) is 43.7 Å². The quantitative estimate of drug-likeness (QED) is 0.809. The van der Waals surface area contributed by atoms with Crippen LogP contribution in [-0.2, 0) is 10.4 Å². The zero-order valence-electron chi connectivity index (χ0n) is 12.8. The molecular weight excluding hydrogens is 358 g/mol. The van der Waals surface area contributed by atoms with Crippen LogP contribution >= 0.6 is 15.9 Å². The minimum absolute atomic E-state index is 0.253. The molecule has 0 saturated heterocycles. The molecule has 1 aliphatic heterocycles. The summed E-state index contributed by atoms with van der Waals surface area (Å²) >= 11 is 3.33. The van der Waals surface area contributed by atoms with Gasteiger partial charge in [-0.3, -0.25) is 9.59 Å². The van der Waals surface area contributed by atoms with Gasteiger partial charge in [0.25, 0.3) is 5.91 Å². The van der Waals surface area contributed by atoms with Gasteiger partial charge in [-0.2, -0.15) is 0 Å². The molecule has 0 aliphatic carbocycles. The van der Waals surface area contributed by atoms with Crippen LogP contribution in [0.15, 0.2) is 40.9 Å². The molecule has 2 N–H and O–H groups in total. The van der Waals surface area contributed by atoms with Crippen molar-refractivity contribution in [3.63, 3.8) is 0 Å². The number of benzene rings is 2. The number of aryl methyl sites for hydroxylation is 2. The van der Waals surface area contributed by atoms with E-state index in [1.54, 1.807) is 24.3 Å². The maximum absolute atomic E-state index is 12.7. The van der Waals surface area contributed by atoms with Gasteiger partial charge in [0.15, 0.2) is 11.4 Å². The van der Waals surface area contributed by atoms with Crippen molar-refractivity contribution >= 4 is 33.3 Å². The Morgan fingerprint density at radius 2 is 1.96 bits per heavy atom. The third kappa shape index (κ3) is 2.71. The van der Waals surface area contributed by atoms with Crippen molar-refractivity contribution in [1.82, 2.24) is 0 Å². The smallest absolute Gasteiger partial charge is 0.261 e. The Balaban J connectivity index is 1.99. The molecule has 0 fully saturated rings. The molecule has 0 spiro atoms. The highest BCUT2D eigenvalue weighted by Crippen LogP contribution is 2.40. The predicted molar refractivity (Wildman–Crippen MR) is 91.5 cm³/mol. The van der Waals surface area contributed by atoms with Crippen molar-refractivity contribution < 1.29 is 14.7 Å². The molecule has 23 heavy (non-hydrogen) atoms. The lowest BCUT2D eigenvalue weighted by Crippen LogP contribution is -2.36. The summed E-state index contributed by atoms with van der Waals surface area (Å²) in [6.45, 7) is 3.75. The summed E-state index contributed by atoms with van der Waals surface area (Å²) in [6, 6.07) is 10.7. The van der Waals surface area contributed by atoms with Crippen LogP contribution in [-0.4, -0.2) is 16.8 Å². The summed E-state index contributed by atoms with van der Waals surface area (Å²) in [5.41, 5.74) is 1.45. The number of Topliss-reactive ketones (excluding diaryl/α,β-unsaturated/α-hetero) is 1. The van der Waals surface area contributed by atoms with Crippen LogP contribution in [0.5, 0.6) is 0 Å². The largest absolute Gasteiger partial charge is 0.375 e. The van der Waals surface area contributed by atoms with Gasteiger partial charge in [-0.1, -0.05) is 33.6 Å². The average molecular weight is 374 g/mol. The summed E-state index contributed by atoms with van der Waals surface area (Å²) in [6.07, 6.45) is -0.285. The standard InChI is InChI=1S/C18H16BrNO3/c1-10-3-4-11(2)13(7-10)16(21)9-18(23)14-8-12(19)5-6-15(14)20-17(18)22/h3-8,23H,9H2,1-2H3,(H,20,22)/t18-/m0/s1. The molecule has 1 atom stereocenters. The second kappa shape index (κ2) is 5.58. The van der Waals surface area contributed by atoms with E-state index in [2.05, 4.69) is 21.2 Å². The Morgan fingerprint density at radius 3 is 2.70 bits per heavy atom. The molecule has 0 unspecified atom stereocenters. The number of ketones is 1. The first-order valence-corrected chi connectivity index (χ1v) is 8.05. The van der Waals surface area contributed by atoms with Crippen molar-refractivity contribution in [2.45, 2.75) is 25.9 Å². The van der Waals surface area contributed by atoms with Crippen LogP contribution in [0.4, 0.5) is 5.69 Å². The number of carbonyl (C=O) groups is 2. The molecule has 3 rings (SSSR count). The summed E-state index contributed by atoms with van der Waals surface area (Å²) in [5, 5.41) is 13.5. The molecular formula is C18H16BrNO3. The number of anilines is 1. The van der Waals surface area contributed by atoms with E-state index in [0.717, 1.165) is 15.6 Å². The van der Waals surface area contributed by atoms with Gasteiger partial charge in [0, 0.05) is 21.3 Å². The molecule has 0 saturated carbocycles. The van der Waals surface area contributed by atoms with E-state index in [4.69, 9.17) is 0 Å². The van der Waals surface area contributed by atoms with E-state index in [1.807, 2.05) is 26.0 Å². The number of hydrogen-bond donors (Lipinski definition) is 2. The highest BCUT2D eigenvalue weighted by molar-refractivity contribution is 9.10. The number of fused-ring (bicyclic) bond motifs is 1. The fraction of sp³-hybridized carbons (Fsp3) is 0.222. The van der Waals surface area contributed by atoms with E-state index < -0.39 is 11.5 Å². The van der Waals surface area contributed by atoms with Crippen LogP contribution in [0.25, 0.3) is 0 Å². The Labute approximate surface area is 142 Å². The zero-order chi connectivity index (χ0) is 16.8. The van der Waals surface area contributed by atoms with Gasteiger partial charge < -0.3 is 10.4 Å². The van der Waals surface area contributed by atoms with Crippen LogP contribution in [0.3, 0.4) is 0 Å². The van der Waals surface area contributed by atoms with E-state index >= 15 is 0 Å². The zero-order valence-corrected chi connectivity index (χ0v) is 14.4. The molecule has 0 aromatic heterocycles. The van der Waals surface area contributed by atoms with Gasteiger partial charge in [-0.15, -0.1) is 0 Å². The first kappa shape index (κ1) is 15.9. The molecule has 1 aliphatic rings. The number of hydrogen-bond acceptors (Lipinski definition) is 3. The third-order valence-corrected chi connectivity index (χ3v) is 4.65. The molecule has 4 nitrogen and oxygen atoms in total. The lowest BCUT2D eigenvalue weighted by Gasteiger charge is -2.20. The molecule has 2 aromatic carbocycles. The predicted octanol–water partition coefficient (Wildman–Crippen LogP) is 3.48. The number of rotatable bonds is 3. The van der Waals surface area contributed by atoms with Gasteiger partial charge >= 0.3 is 0 Å². The second-order valence-corrected chi connectivity index (χ2v) is 6.84. The minimum Gasteiger partial charge on any atom is -0.375 e. The monoisotopic (exact) mass is 373 g/mol. The van der Waals surface area contributed by atoms with Crippen molar-refractivity contribution in [3.8, 4) is 0 Å². The Bertz CT molecular complexity index is 831. The third-order valence-electron chi connectivity index (χ3n) is 4.16. The highest BCUT2D eigenvalue weighted by atomic mass is 79.9. The fourth-order valence-corrected chi connectivity index (χ4v) is 3.22. The number of aliphatic hydroxyl groups is 1. The summed E-state index contributed by atoms with van der Waals surface area (Å²) in [5.74, 6) is -0.819. The minimum atomic E-state index is -1.84. The lowest BCUT2D eigenvalue weighted by atomic mass is 9.87. The highest BCUT2D eigenvalue weighted by Gasteiger charge is 2.47. The van der Waals surface area contributed by atoms with Gasteiger partial charge in [-0.25, -0.2) is 0 Å². The topological polar surface area (TPSA) is 66.4 Å². The number of nitrogens with one attached hydrogen (secondary N) is 1. The second-order valence-electron chi connectivity index (χ2n) is 5.92. The van der Waals surface area contributed by atoms with Crippen LogP contribution in [0.1, 0.15) is 33.5 Å². The molecule has 1 amide bonds. The molecule has 0 bridgehead atoms. The van der Waals surface area contributed by atoms with Crippen molar-refractivity contribution in [1.29, 1.82) is 0 Å². The van der Waals surface area contributed by atoms with Gasteiger partial charge in [0.1, 0.15) is 0 Å². The Hall–Kier alpha value is -1.98. The number of carbonyl (C=O) groups excluding carboxylic acids is 2. The number of halogens is 1. The molecule has 0 radical (unpaired) electrons. The Morgan fingerprint density at radius 1 is 1.22 bits per heavy atom. The van der Waals surface area contributed by atoms with Crippen molar-refractivity contribution in [2.24, 2.45) is 0 Å². The summed E-state index contributed by atoms with van der Waals surface area (Å²) in [7, 11) is 0. The molecule has 1 heterocycles. The maximum atomic E-state index is 12.7. The lowest BCUT2D eigenvalue weighted by molar-refractivity contribution is -0.133. The molecule has 5 heteroatoms. The summed E-state index contributed by atoms with van der Waals surface area (Å²) < 4.78 is 0.741. The van der Waals surface area contributed by atoms with E-state index in [-0.39, 0.29) is 12.2 Å². The van der Waals surface area contributed by atoms with E-state index in [0.29, 0.717) is 16.8 Å². The summed E-state index contributed by atoms with van der Waals surface area (Å²) in [4.78, 5) is 24.9. The van der Waals surface area contributed by atoms with Crippen molar-refractivity contribution in [3.05, 3.63) is 63.1 Å². The van der Waals surface area contributed by atoms with Crippen molar-refractivity contribution in [2.75, 3.05) is 5.32 Å². The average Bonchev–Trinajstić information content (AvgIpc) is 2.73. The first-order chi connectivity index (χ1) is 10.8.